The number of hydrogen-bond donors (Lipinski definition) is 1. The number of hydrazine groups is 1. The summed E-state index contributed by atoms with van der Waals surface area (Å²) in [5, 5.41) is 0.545. The highest BCUT2D eigenvalue weighted by molar-refractivity contribution is 5.84. The molecular formula is C17H18F3N3O4. The summed E-state index contributed by atoms with van der Waals surface area (Å²) in [7, 11) is 0. The summed E-state index contributed by atoms with van der Waals surface area (Å²) in [6.07, 6.45) is -4.82. The number of rotatable bonds is 5. The Morgan fingerprint density at radius 3 is 2.33 bits per heavy atom. The van der Waals surface area contributed by atoms with Gasteiger partial charge in [0.05, 0.1) is 12.2 Å². The molecule has 0 aliphatic rings. The second kappa shape index (κ2) is 10.8. The van der Waals surface area contributed by atoms with Crippen molar-refractivity contribution in [2.75, 3.05) is 11.6 Å². The Morgan fingerprint density at radius 2 is 1.89 bits per heavy atom. The van der Waals surface area contributed by atoms with Crippen molar-refractivity contribution in [2.45, 2.75) is 19.7 Å². The second-order valence-electron chi connectivity index (χ2n) is 4.86. The molecule has 0 spiro atoms. The molecule has 0 aliphatic heterocycles. The highest BCUT2D eigenvalue weighted by Crippen LogP contribution is 2.29. The fraction of sp³-hybridized carbons (Fsp3) is 0.235. The number of halogens is 3. The van der Waals surface area contributed by atoms with Crippen molar-refractivity contribution >= 4 is 18.4 Å². The highest BCUT2D eigenvalue weighted by atomic mass is 19.4. The maximum absolute atomic E-state index is 12.4. The van der Waals surface area contributed by atoms with Crippen LogP contribution < -0.4 is 10.9 Å². The molecule has 0 fully saturated rings. The molecule has 27 heavy (non-hydrogen) atoms. The van der Waals surface area contributed by atoms with E-state index in [2.05, 4.69) is 9.72 Å². The number of ether oxygens (including phenoxy) is 2. The van der Waals surface area contributed by atoms with Crippen LogP contribution in [0.5, 0.6) is 0 Å². The Labute approximate surface area is 153 Å². The molecule has 0 unspecified atom stereocenters. The molecule has 0 bridgehead atoms. The molecule has 7 nitrogen and oxygen atoms in total. The van der Waals surface area contributed by atoms with Crippen LogP contribution in [-0.2, 0) is 27.1 Å². The molecule has 2 N–H and O–H groups in total. The van der Waals surface area contributed by atoms with E-state index in [1.165, 1.54) is 0 Å². The van der Waals surface area contributed by atoms with E-state index in [9.17, 15) is 22.8 Å². The van der Waals surface area contributed by atoms with Gasteiger partial charge in [-0.3, -0.25) is 4.79 Å². The molecule has 1 amide bonds. The first-order valence-electron chi connectivity index (χ1n) is 7.63. The zero-order valence-corrected chi connectivity index (χ0v) is 14.3. The zero-order chi connectivity index (χ0) is 20.3. The quantitative estimate of drug-likeness (QED) is 0.367. The van der Waals surface area contributed by atoms with Gasteiger partial charge in [-0.2, -0.15) is 18.2 Å². The van der Waals surface area contributed by atoms with Gasteiger partial charge in [0.1, 0.15) is 6.61 Å². The Bertz CT molecular complexity index is 710. The van der Waals surface area contributed by atoms with Gasteiger partial charge < -0.3 is 9.47 Å². The normalized spacial score (nSPS) is 10.3. The van der Waals surface area contributed by atoms with Crippen LogP contribution in [0.2, 0.25) is 0 Å². The molecule has 0 saturated heterocycles. The Morgan fingerprint density at radius 1 is 1.22 bits per heavy atom. The number of nitrogens with two attached hydrogens (primary N) is 1. The van der Waals surface area contributed by atoms with Crippen LogP contribution in [0.1, 0.15) is 18.1 Å². The van der Waals surface area contributed by atoms with Crippen molar-refractivity contribution in [3.05, 3.63) is 59.8 Å². The molecule has 0 aliphatic carbocycles. The van der Waals surface area contributed by atoms with Crippen molar-refractivity contribution < 1.29 is 32.2 Å². The summed E-state index contributed by atoms with van der Waals surface area (Å²) < 4.78 is 46.3. The molecule has 2 aromatic rings. The summed E-state index contributed by atoms with van der Waals surface area (Å²) in [4.78, 5) is 24.4. The minimum Gasteiger partial charge on any atom is -0.468 e. The van der Waals surface area contributed by atoms with Gasteiger partial charge in [-0.1, -0.05) is 30.3 Å². The molecule has 10 heteroatoms. The number of carbonyl (C=O) groups excluding carboxylic acids is 2. The number of nitrogens with zero attached hydrogens (tertiary/aromatic N) is 2. The summed E-state index contributed by atoms with van der Waals surface area (Å²) in [5.74, 6) is 5.33. The summed E-state index contributed by atoms with van der Waals surface area (Å²) in [6, 6.07) is 10.7. The maximum Gasteiger partial charge on any atom is 0.430 e. The Hall–Kier alpha value is -3.14. The lowest BCUT2D eigenvalue weighted by Gasteiger charge is -2.16. The molecule has 1 heterocycles. The molecule has 1 aromatic carbocycles. The van der Waals surface area contributed by atoms with Gasteiger partial charge in [0.15, 0.2) is 5.82 Å². The largest absolute Gasteiger partial charge is 0.468 e. The van der Waals surface area contributed by atoms with Crippen molar-refractivity contribution in [3.8, 4) is 0 Å². The van der Waals surface area contributed by atoms with Crippen LogP contribution in [0.15, 0.2) is 48.7 Å². The second-order valence-corrected chi connectivity index (χ2v) is 4.86. The number of hydrogen-bond acceptors (Lipinski definition) is 6. The van der Waals surface area contributed by atoms with Crippen LogP contribution in [-0.4, -0.2) is 24.2 Å². The van der Waals surface area contributed by atoms with Gasteiger partial charge in [-0.15, -0.1) is 0 Å². The number of carbonyl (C=O) groups is 2. The highest BCUT2D eigenvalue weighted by Gasteiger charge is 2.31. The Kier molecular flexibility index (Phi) is 8.73. The van der Waals surface area contributed by atoms with Gasteiger partial charge in [-0.05, 0) is 24.6 Å². The average molecular weight is 385 g/mol. The fourth-order valence-electron chi connectivity index (χ4n) is 1.65. The van der Waals surface area contributed by atoms with E-state index < -0.39 is 17.8 Å². The third kappa shape index (κ3) is 7.74. The van der Waals surface area contributed by atoms with Crippen molar-refractivity contribution in [2.24, 2.45) is 5.84 Å². The average Bonchev–Trinajstić information content (AvgIpc) is 2.67. The van der Waals surface area contributed by atoms with Crippen molar-refractivity contribution in [1.29, 1.82) is 0 Å². The van der Waals surface area contributed by atoms with Gasteiger partial charge in [0.25, 0.3) is 6.47 Å². The predicted molar refractivity (Wildman–Crippen MR) is 90.2 cm³/mol. The van der Waals surface area contributed by atoms with Crippen LogP contribution in [0.3, 0.4) is 0 Å². The van der Waals surface area contributed by atoms with Crippen molar-refractivity contribution in [3.63, 3.8) is 0 Å². The third-order valence-corrected chi connectivity index (χ3v) is 2.96. The summed E-state index contributed by atoms with van der Waals surface area (Å²) in [6.45, 7) is 2.66. The lowest BCUT2D eigenvalue weighted by atomic mass is 10.2. The lowest BCUT2D eigenvalue weighted by Crippen LogP contribution is -2.38. The first-order valence-corrected chi connectivity index (χ1v) is 7.63. The minimum absolute atomic E-state index is 0.00594. The van der Waals surface area contributed by atoms with E-state index in [-0.39, 0.29) is 12.4 Å². The molecule has 0 saturated carbocycles. The molecule has 0 radical (unpaired) electrons. The number of pyridine rings is 1. The van der Waals surface area contributed by atoms with Gasteiger partial charge in [0.2, 0.25) is 0 Å². The van der Waals surface area contributed by atoms with E-state index in [0.717, 1.165) is 17.7 Å². The topological polar surface area (TPSA) is 94.8 Å². The van der Waals surface area contributed by atoms with Crippen molar-refractivity contribution in [1.82, 2.24) is 4.98 Å². The number of alkyl halides is 3. The van der Waals surface area contributed by atoms with Crippen LogP contribution >= 0.6 is 0 Å². The molecule has 2 rings (SSSR count). The standard InChI is InChI=1S/C14H12F3N3O2.C3H6O2/c15-14(16,17)11-6-7-12(19-8-11)20(18)13(21)22-9-10-4-2-1-3-5-10;1-2-5-3-4/h1-8H,9,18H2;3H,2H2,1H3. The summed E-state index contributed by atoms with van der Waals surface area (Å²) >= 11 is 0. The van der Waals surface area contributed by atoms with Gasteiger partial charge in [-0.25, -0.2) is 15.6 Å². The van der Waals surface area contributed by atoms with Crippen LogP contribution in [0.4, 0.5) is 23.8 Å². The molecule has 146 valence electrons. The van der Waals surface area contributed by atoms with E-state index in [0.29, 0.717) is 24.3 Å². The first kappa shape index (κ1) is 21.9. The van der Waals surface area contributed by atoms with Crippen LogP contribution in [0, 0.1) is 0 Å². The molecule has 1 aromatic heterocycles. The molecular weight excluding hydrogens is 367 g/mol. The van der Waals surface area contributed by atoms with Gasteiger partial charge in [0, 0.05) is 6.20 Å². The van der Waals surface area contributed by atoms with E-state index in [1.807, 2.05) is 6.07 Å². The minimum atomic E-state index is -4.50. The Balaban J connectivity index is 0.000000646. The maximum atomic E-state index is 12.4. The first-order chi connectivity index (χ1) is 12.8. The SMILES string of the molecule is CCOC=O.NN(C(=O)OCc1ccccc1)c1ccc(C(F)(F)F)cn1. The lowest BCUT2D eigenvalue weighted by molar-refractivity contribution is -0.137. The van der Waals surface area contributed by atoms with E-state index in [4.69, 9.17) is 10.6 Å². The predicted octanol–water partition coefficient (Wildman–Crippen LogP) is 3.30. The number of benzene rings is 1. The fourth-order valence-corrected chi connectivity index (χ4v) is 1.65. The molecule has 0 atom stereocenters. The van der Waals surface area contributed by atoms with Crippen LogP contribution in [0.25, 0.3) is 0 Å². The smallest absolute Gasteiger partial charge is 0.430 e. The zero-order valence-electron chi connectivity index (χ0n) is 14.3. The third-order valence-electron chi connectivity index (χ3n) is 2.96. The monoisotopic (exact) mass is 385 g/mol. The number of aromatic nitrogens is 1. The summed E-state index contributed by atoms with van der Waals surface area (Å²) in [5.41, 5.74) is -0.174. The number of amides is 1. The number of anilines is 1. The van der Waals surface area contributed by atoms with Gasteiger partial charge >= 0.3 is 12.3 Å². The van der Waals surface area contributed by atoms with E-state index in [1.54, 1.807) is 31.2 Å². The van der Waals surface area contributed by atoms with E-state index >= 15 is 0 Å².